The molecule has 0 saturated carbocycles. The second-order valence-electron chi connectivity index (χ2n) is 7.97. The lowest BCUT2D eigenvalue weighted by atomic mass is 10.0. The van der Waals surface area contributed by atoms with Crippen molar-refractivity contribution in [3.05, 3.63) is 101 Å². The molecule has 6 heteroatoms. The lowest BCUT2D eigenvalue weighted by Gasteiger charge is -2.30. The molecule has 2 aliphatic heterocycles. The van der Waals surface area contributed by atoms with Gasteiger partial charge in [0.1, 0.15) is 6.04 Å². The van der Waals surface area contributed by atoms with Crippen LogP contribution in [0.5, 0.6) is 0 Å². The average molecular weight is 443 g/mol. The predicted molar refractivity (Wildman–Crippen MR) is 124 cm³/mol. The van der Waals surface area contributed by atoms with E-state index in [4.69, 9.17) is 0 Å². The number of rotatable bonds is 5. The number of fused-ring (bicyclic) bond motifs is 2. The number of amides is 3. The van der Waals surface area contributed by atoms with Crippen molar-refractivity contribution in [2.24, 2.45) is 0 Å². The summed E-state index contributed by atoms with van der Waals surface area (Å²) >= 11 is 1.78. The van der Waals surface area contributed by atoms with Gasteiger partial charge in [-0.25, -0.2) is 0 Å². The normalized spacial score (nSPS) is 18.1. The molecule has 2 atom stereocenters. The number of imide groups is 1. The van der Waals surface area contributed by atoms with Crippen LogP contribution in [0.1, 0.15) is 44.3 Å². The van der Waals surface area contributed by atoms with E-state index in [1.165, 1.54) is 0 Å². The summed E-state index contributed by atoms with van der Waals surface area (Å²) in [5.74, 6) is -0.240. The third-order valence-electron chi connectivity index (χ3n) is 5.99. The largest absolute Gasteiger partial charge is 0.347 e. The molecule has 2 aliphatic rings. The van der Waals surface area contributed by atoms with Gasteiger partial charge in [-0.2, -0.15) is 0 Å². The van der Waals surface area contributed by atoms with Crippen LogP contribution in [0.4, 0.5) is 0 Å². The molecule has 2 heterocycles. The molecule has 3 aromatic rings. The summed E-state index contributed by atoms with van der Waals surface area (Å²) in [5.41, 5.74) is 2.67. The molecule has 0 spiro atoms. The summed E-state index contributed by atoms with van der Waals surface area (Å²) < 4.78 is 0. The Balaban J connectivity index is 1.47. The van der Waals surface area contributed by atoms with Crippen molar-refractivity contribution in [1.82, 2.24) is 10.2 Å². The van der Waals surface area contributed by atoms with Gasteiger partial charge in [-0.15, -0.1) is 11.8 Å². The molecule has 0 saturated heterocycles. The maximum absolute atomic E-state index is 13.6. The molecular weight excluding hydrogens is 420 g/mol. The van der Waals surface area contributed by atoms with Gasteiger partial charge >= 0.3 is 0 Å². The SMILES string of the molecule is O=C(N[C@@H]1CCSc2ccccc21)[C@@H](Cc1ccccc1)N1C(=O)c2ccccc2C1=O. The third-order valence-corrected chi connectivity index (χ3v) is 7.11. The zero-order valence-electron chi connectivity index (χ0n) is 17.4. The Kier molecular flexibility index (Phi) is 5.53. The predicted octanol–water partition coefficient (Wildman–Crippen LogP) is 4.25. The van der Waals surface area contributed by atoms with Crippen LogP contribution in [0, 0.1) is 0 Å². The number of carbonyl (C=O) groups excluding carboxylic acids is 3. The first-order valence-corrected chi connectivity index (χ1v) is 11.6. The molecule has 1 N–H and O–H groups in total. The molecule has 160 valence electrons. The highest BCUT2D eigenvalue weighted by molar-refractivity contribution is 7.99. The van der Waals surface area contributed by atoms with Gasteiger partial charge in [-0.3, -0.25) is 19.3 Å². The van der Waals surface area contributed by atoms with E-state index in [9.17, 15) is 14.4 Å². The van der Waals surface area contributed by atoms with Gasteiger partial charge in [0, 0.05) is 17.1 Å². The highest BCUT2D eigenvalue weighted by Crippen LogP contribution is 2.36. The summed E-state index contributed by atoms with van der Waals surface area (Å²) in [6.07, 6.45) is 1.06. The van der Waals surface area contributed by atoms with Gasteiger partial charge in [-0.05, 0) is 35.7 Å². The van der Waals surface area contributed by atoms with Crippen molar-refractivity contribution < 1.29 is 14.4 Å². The molecule has 0 unspecified atom stereocenters. The van der Waals surface area contributed by atoms with Gasteiger partial charge in [0.15, 0.2) is 0 Å². The molecule has 3 aromatic carbocycles. The number of nitrogens with zero attached hydrogens (tertiary/aromatic N) is 1. The van der Waals surface area contributed by atoms with Crippen LogP contribution >= 0.6 is 11.8 Å². The zero-order chi connectivity index (χ0) is 22.1. The Morgan fingerprint density at radius 1 is 0.906 bits per heavy atom. The molecule has 3 amide bonds. The zero-order valence-corrected chi connectivity index (χ0v) is 18.2. The molecule has 5 rings (SSSR count). The highest BCUT2D eigenvalue weighted by atomic mass is 32.2. The average Bonchev–Trinajstić information content (AvgIpc) is 3.08. The maximum Gasteiger partial charge on any atom is 0.262 e. The monoisotopic (exact) mass is 442 g/mol. The minimum absolute atomic E-state index is 0.145. The fourth-order valence-electron chi connectivity index (χ4n) is 4.39. The van der Waals surface area contributed by atoms with E-state index in [-0.39, 0.29) is 18.4 Å². The van der Waals surface area contributed by atoms with E-state index in [1.807, 2.05) is 48.5 Å². The van der Waals surface area contributed by atoms with E-state index in [2.05, 4.69) is 11.4 Å². The van der Waals surface area contributed by atoms with E-state index >= 15 is 0 Å². The van der Waals surface area contributed by atoms with Gasteiger partial charge in [0.05, 0.1) is 17.2 Å². The number of thioether (sulfide) groups is 1. The molecule has 0 aromatic heterocycles. The number of hydrogen-bond acceptors (Lipinski definition) is 4. The van der Waals surface area contributed by atoms with Crippen LogP contribution in [0.15, 0.2) is 83.8 Å². The Bertz CT molecular complexity index is 1160. The Morgan fingerprint density at radius 2 is 1.53 bits per heavy atom. The highest BCUT2D eigenvalue weighted by Gasteiger charge is 2.43. The first-order valence-electron chi connectivity index (χ1n) is 10.7. The van der Waals surface area contributed by atoms with Crippen molar-refractivity contribution in [3.8, 4) is 0 Å². The lowest BCUT2D eigenvalue weighted by Crippen LogP contribution is -2.51. The van der Waals surface area contributed by atoms with Gasteiger partial charge in [0.2, 0.25) is 5.91 Å². The third kappa shape index (κ3) is 3.71. The lowest BCUT2D eigenvalue weighted by molar-refractivity contribution is -0.125. The van der Waals surface area contributed by atoms with Crippen LogP contribution in [0.2, 0.25) is 0 Å². The first-order chi connectivity index (χ1) is 15.6. The second kappa shape index (κ2) is 8.63. The quantitative estimate of drug-likeness (QED) is 0.600. The summed E-state index contributed by atoms with van der Waals surface area (Å²) in [7, 11) is 0. The van der Waals surface area contributed by atoms with E-state index < -0.39 is 17.9 Å². The van der Waals surface area contributed by atoms with E-state index in [1.54, 1.807) is 36.0 Å². The first kappa shape index (κ1) is 20.5. The van der Waals surface area contributed by atoms with Gasteiger partial charge in [0.25, 0.3) is 11.8 Å². The van der Waals surface area contributed by atoms with Gasteiger partial charge < -0.3 is 5.32 Å². The van der Waals surface area contributed by atoms with Crippen LogP contribution in [-0.4, -0.2) is 34.4 Å². The summed E-state index contributed by atoms with van der Waals surface area (Å²) in [6.45, 7) is 0. The minimum atomic E-state index is -0.924. The number of nitrogens with one attached hydrogen (secondary N) is 1. The number of benzene rings is 3. The molecule has 32 heavy (non-hydrogen) atoms. The van der Waals surface area contributed by atoms with Crippen LogP contribution in [0.3, 0.4) is 0 Å². The van der Waals surface area contributed by atoms with E-state index in [0.717, 1.165) is 33.1 Å². The molecule has 5 nitrogen and oxygen atoms in total. The van der Waals surface area contributed by atoms with Crippen molar-refractivity contribution in [3.63, 3.8) is 0 Å². The summed E-state index contributed by atoms with van der Waals surface area (Å²) in [5, 5.41) is 3.14. The standard InChI is InChI=1S/C26H22N2O3S/c29-24(27-21-14-15-32-23-13-7-6-12-20(21)23)22(16-17-8-2-1-3-9-17)28-25(30)18-10-4-5-11-19(18)26(28)31/h1-13,21-22H,14-16H2,(H,27,29)/t21-,22-/m1/s1. The van der Waals surface area contributed by atoms with Crippen molar-refractivity contribution in [2.75, 3.05) is 5.75 Å². The second-order valence-corrected chi connectivity index (χ2v) is 9.10. The minimum Gasteiger partial charge on any atom is -0.347 e. The Hall–Kier alpha value is -3.38. The Morgan fingerprint density at radius 3 is 2.25 bits per heavy atom. The fourth-order valence-corrected chi connectivity index (χ4v) is 5.51. The van der Waals surface area contributed by atoms with Gasteiger partial charge in [-0.1, -0.05) is 60.7 Å². The number of carbonyl (C=O) groups is 3. The van der Waals surface area contributed by atoms with E-state index in [0.29, 0.717) is 11.1 Å². The van der Waals surface area contributed by atoms with Crippen LogP contribution < -0.4 is 5.32 Å². The molecular formula is C26H22N2O3S. The summed E-state index contributed by atoms with van der Waals surface area (Å²) in [6, 6.07) is 23.2. The van der Waals surface area contributed by atoms with Crippen LogP contribution in [-0.2, 0) is 11.2 Å². The number of hydrogen-bond donors (Lipinski definition) is 1. The maximum atomic E-state index is 13.6. The smallest absolute Gasteiger partial charge is 0.262 e. The fraction of sp³-hybridized carbons (Fsp3) is 0.192. The topological polar surface area (TPSA) is 66.5 Å². The van der Waals surface area contributed by atoms with Crippen molar-refractivity contribution in [2.45, 2.75) is 29.8 Å². The Labute approximate surface area is 190 Å². The molecule has 0 aliphatic carbocycles. The summed E-state index contributed by atoms with van der Waals surface area (Å²) in [4.78, 5) is 42.2. The van der Waals surface area contributed by atoms with Crippen molar-refractivity contribution >= 4 is 29.5 Å². The molecule has 0 radical (unpaired) electrons. The van der Waals surface area contributed by atoms with Crippen LogP contribution in [0.25, 0.3) is 0 Å². The molecule has 0 bridgehead atoms. The molecule has 0 fully saturated rings. The van der Waals surface area contributed by atoms with Crippen molar-refractivity contribution in [1.29, 1.82) is 0 Å².